The Morgan fingerprint density at radius 3 is 2.50 bits per heavy atom. The van der Waals surface area contributed by atoms with Crippen LogP contribution in [-0.4, -0.2) is 51.5 Å². The number of hydrogen-bond acceptors (Lipinski definition) is 6. The Kier molecular flexibility index (Phi) is 7.45. The molecule has 11 heteroatoms. The van der Waals surface area contributed by atoms with E-state index in [-0.39, 0.29) is 5.91 Å². The predicted molar refractivity (Wildman–Crippen MR) is 124 cm³/mol. The molecule has 4 rings (SSSR count). The molecule has 2 heterocycles. The maximum atomic E-state index is 13.1. The average Bonchev–Trinajstić information content (AvgIpc) is 3.22. The molecule has 1 atom stereocenters. The number of anilines is 2. The maximum Gasteiger partial charge on any atom is 0.255 e. The fraction of sp³-hybridized carbons (Fsp3) is 0.190. The molecule has 166 valence electrons. The number of rotatable bonds is 4. The van der Waals surface area contributed by atoms with Gasteiger partial charge in [0, 0.05) is 41.1 Å². The van der Waals surface area contributed by atoms with E-state index in [0.29, 0.717) is 38.5 Å². The second-order valence-corrected chi connectivity index (χ2v) is 7.91. The van der Waals surface area contributed by atoms with Crippen LogP contribution in [0.4, 0.5) is 11.6 Å². The number of carbonyl (C=O) groups is 2. The molecule has 1 unspecified atom stereocenters. The largest absolute Gasteiger partial charge is 0.351 e. The molecule has 0 saturated heterocycles. The number of nitrogens with zero attached hydrogens (tertiary/aromatic N) is 5. The second kappa shape index (κ2) is 10.3. The number of aromatic nitrogens is 4. The van der Waals surface area contributed by atoms with E-state index in [1.807, 2.05) is 30.3 Å². The van der Waals surface area contributed by atoms with Crippen molar-refractivity contribution >= 4 is 47.2 Å². The second-order valence-electron chi connectivity index (χ2n) is 7.07. The van der Waals surface area contributed by atoms with Crippen LogP contribution in [0.1, 0.15) is 18.5 Å². The number of para-hydroxylation sites is 1. The number of halogens is 2. The van der Waals surface area contributed by atoms with Crippen molar-refractivity contribution in [3.05, 3.63) is 75.4 Å². The van der Waals surface area contributed by atoms with Gasteiger partial charge in [-0.25, -0.2) is 0 Å². The van der Waals surface area contributed by atoms with Crippen LogP contribution in [0.3, 0.4) is 0 Å². The number of fused-ring (bicyclic) bond motifs is 1. The van der Waals surface area contributed by atoms with Gasteiger partial charge >= 0.3 is 0 Å². The fourth-order valence-corrected chi connectivity index (χ4v) is 3.55. The first-order chi connectivity index (χ1) is 15.3. The predicted octanol–water partition coefficient (Wildman–Crippen LogP) is 3.61. The van der Waals surface area contributed by atoms with Gasteiger partial charge in [-0.15, -0.1) is 0 Å². The minimum atomic E-state index is -0.593. The molecule has 0 bridgehead atoms. The molecule has 1 aliphatic heterocycles. The van der Waals surface area contributed by atoms with Gasteiger partial charge in [0.05, 0.1) is 5.57 Å². The van der Waals surface area contributed by atoms with E-state index in [4.69, 9.17) is 23.2 Å². The summed E-state index contributed by atoms with van der Waals surface area (Å²) in [6, 6.07) is 13.7. The molecule has 0 aliphatic carbocycles. The van der Waals surface area contributed by atoms with Crippen molar-refractivity contribution in [1.29, 1.82) is 0 Å². The Balaban J connectivity index is 0.000000523. The Morgan fingerprint density at radius 1 is 1.19 bits per heavy atom. The highest BCUT2D eigenvalue weighted by molar-refractivity contribution is 6.35. The molecule has 32 heavy (non-hydrogen) atoms. The summed E-state index contributed by atoms with van der Waals surface area (Å²) in [6.45, 7) is 1.80. The lowest BCUT2D eigenvalue weighted by molar-refractivity contribution is -0.116. The quantitative estimate of drug-likeness (QED) is 0.560. The summed E-state index contributed by atoms with van der Waals surface area (Å²) in [7, 11) is 3.38. The smallest absolute Gasteiger partial charge is 0.255 e. The SMILES string of the molecule is CC1=C(C(=O)Nc2ccccc2)C(c2ccc(Cl)cc2Cl)n2nnnc2N1.CN(C)C=O. The van der Waals surface area contributed by atoms with Gasteiger partial charge in [-0.3, -0.25) is 9.59 Å². The van der Waals surface area contributed by atoms with E-state index in [1.54, 1.807) is 39.2 Å². The Hall–Kier alpha value is -3.43. The third-order valence-electron chi connectivity index (χ3n) is 4.46. The average molecular weight is 474 g/mol. The van der Waals surface area contributed by atoms with Crippen LogP contribution in [0, 0.1) is 0 Å². The third-order valence-corrected chi connectivity index (χ3v) is 5.02. The van der Waals surface area contributed by atoms with Crippen LogP contribution < -0.4 is 10.6 Å². The molecule has 3 aromatic rings. The molecule has 1 aromatic heterocycles. The Bertz CT molecular complexity index is 1150. The van der Waals surface area contributed by atoms with E-state index in [1.165, 1.54) is 9.58 Å². The number of carbonyl (C=O) groups excluding carboxylic acids is 2. The van der Waals surface area contributed by atoms with E-state index in [0.717, 1.165) is 6.41 Å². The number of tetrazole rings is 1. The maximum absolute atomic E-state index is 13.1. The van der Waals surface area contributed by atoms with Crippen molar-refractivity contribution < 1.29 is 9.59 Å². The van der Waals surface area contributed by atoms with Crippen LogP contribution in [0.25, 0.3) is 0 Å². The van der Waals surface area contributed by atoms with Crippen LogP contribution in [0.5, 0.6) is 0 Å². The van der Waals surface area contributed by atoms with E-state index in [9.17, 15) is 9.59 Å². The van der Waals surface area contributed by atoms with Crippen molar-refractivity contribution in [2.24, 2.45) is 0 Å². The summed E-state index contributed by atoms with van der Waals surface area (Å²) >= 11 is 12.5. The Labute approximate surface area is 195 Å². The molecule has 0 fully saturated rings. The molecular weight excluding hydrogens is 453 g/mol. The van der Waals surface area contributed by atoms with Gasteiger partial charge in [0.25, 0.3) is 5.91 Å². The summed E-state index contributed by atoms with van der Waals surface area (Å²) in [5.41, 5.74) is 2.46. The highest BCUT2D eigenvalue weighted by Crippen LogP contribution is 2.38. The van der Waals surface area contributed by atoms with Gasteiger partial charge in [0.2, 0.25) is 12.4 Å². The van der Waals surface area contributed by atoms with Crippen LogP contribution in [0.15, 0.2) is 59.8 Å². The molecular formula is C21H21Cl2N7O2. The molecule has 0 radical (unpaired) electrons. The van der Waals surface area contributed by atoms with Crippen molar-refractivity contribution in [1.82, 2.24) is 25.1 Å². The van der Waals surface area contributed by atoms with Gasteiger partial charge in [-0.05, 0) is 41.6 Å². The molecule has 2 N–H and O–H groups in total. The minimum Gasteiger partial charge on any atom is -0.351 e. The summed E-state index contributed by atoms with van der Waals surface area (Å²) < 4.78 is 1.53. The topological polar surface area (TPSA) is 105 Å². The van der Waals surface area contributed by atoms with Crippen molar-refractivity contribution in [2.45, 2.75) is 13.0 Å². The van der Waals surface area contributed by atoms with Crippen molar-refractivity contribution in [2.75, 3.05) is 24.7 Å². The highest BCUT2D eigenvalue weighted by Gasteiger charge is 2.35. The highest BCUT2D eigenvalue weighted by atomic mass is 35.5. The number of hydrogen-bond donors (Lipinski definition) is 2. The lowest BCUT2D eigenvalue weighted by Gasteiger charge is -2.28. The fourth-order valence-electron chi connectivity index (χ4n) is 3.04. The van der Waals surface area contributed by atoms with Crippen molar-refractivity contribution in [3.8, 4) is 0 Å². The lowest BCUT2D eigenvalue weighted by atomic mass is 9.95. The van der Waals surface area contributed by atoms with Gasteiger partial charge in [-0.2, -0.15) is 4.68 Å². The van der Waals surface area contributed by atoms with Gasteiger partial charge in [-0.1, -0.05) is 52.6 Å². The van der Waals surface area contributed by atoms with E-state index in [2.05, 4.69) is 26.2 Å². The summed E-state index contributed by atoms with van der Waals surface area (Å²) in [6.07, 6.45) is 0.750. The third kappa shape index (κ3) is 5.24. The molecule has 2 amide bonds. The van der Waals surface area contributed by atoms with Gasteiger partial charge in [0.1, 0.15) is 6.04 Å². The van der Waals surface area contributed by atoms with Gasteiger partial charge in [0.15, 0.2) is 0 Å². The molecule has 0 saturated carbocycles. The first-order valence-electron chi connectivity index (χ1n) is 9.50. The van der Waals surface area contributed by atoms with E-state index >= 15 is 0 Å². The molecule has 1 aliphatic rings. The van der Waals surface area contributed by atoms with Crippen LogP contribution in [0.2, 0.25) is 10.0 Å². The van der Waals surface area contributed by atoms with Crippen LogP contribution >= 0.6 is 23.2 Å². The van der Waals surface area contributed by atoms with Crippen molar-refractivity contribution in [3.63, 3.8) is 0 Å². The normalized spacial score (nSPS) is 14.5. The standard InChI is InChI=1S/C18H14Cl2N6O.C3H7NO/c1-10-15(17(27)22-12-5-3-2-4-6-12)16(26-18(21-10)23-24-25-26)13-8-7-11(19)9-14(13)20;1-4(2)3-5/h2-9,16H,1H3,(H,22,27)(H,21,23,25);3H,1-2H3. The summed E-state index contributed by atoms with van der Waals surface area (Å²) in [4.78, 5) is 24.0. The lowest BCUT2D eigenvalue weighted by Crippen LogP contribution is -2.31. The first kappa shape index (κ1) is 23.2. The first-order valence-corrected chi connectivity index (χ1v) is 10.3. The number of allylic oxidation sites excluding steroid dienone is 1. The molecule has 2 aromatic carbocycles. The monoisotopic (exact) mass is 473 g/mol. The number of amides is 2. The zero-order chi connectivity index (χ0) is 23.3. The van der Waals surface area contributed by atoms with Gasteiger partial charge < -0.3 is 15.5 Å². The minimum absolute atomic E-state index is 0.275. The zero-order valence-corrected chi connectivity index (χ0v) is 19.1. The Morgan fingerprint density at radius 2 is 1.88 bits per heavy atom. The van der Waals surface area contributed by atoms with Crippen LogP contribution in [-0.2, 0) is 9.59 Å². The summed E-state index contributed by atoms with van der Waals surface area (Å²) in [5.74, 6) is 0.156. The molecule has 0 spiro atoms. The van der Waals surface area contributed by atoms with E-state index < -0.39 is 6.04 Å². The molecule has 9 nitrogen and oxygen atoms in total. The zero-order valence-electron chi connectivity index (χ0n) is 17.6. The number of benzene rings is 2. The summed E-state index contributed by atoms with van der Waals surface area (Å²) in [5, 5.41) is 18.6. The number of nitrogens with one attached hydrogen (secondary N) is 2.